The van der Waals surface area contributed by atoms with E-state index in [4.69, 9.17) is 5.73 Å². The zero-order valence-corrected chi connectivity index (χ0v) is 17.2. The molecule has 0 aliphatic carbocycles. The number of amides is 1. The first kappa shape index (κ1) is 26.3. The predicted octanol–water partition coefficient (Wildman–Crippen LogP) is 2.86. The molecule has 0 aliphatic heterocycles. The molecule has 0 aromatic carbocycles. The van der Waals surface area contributed by atoms with E-state index in [1.165, 1.54) is 57.8 Å². The van der Waals surface area contributed by atoms with Gasteiger partial charge in [0.05, 0.1) is 13.0 Å². The summed E-state index contributed by atoms with van der Waals surface area (Å²) in [6.45, 7) is 1.85. The van der Waals surface area contributed by atoms with Gasteiger partial charge in [-0.2, -0.15) is 0 Å². The van der Waals surface area contributed by atoms with Gasteiger partial charge in [0.2, 0.25) is 12.1 Å². The average Bonchev–Trinajstić information content (AvgIpc) is 2.69. The Morgan fingerprint density at radius 1 is 0.821 bits per heavy atom. The van der Waals surface area contributed by atoms with Crippen molar-refractivity contribution in [1.82, 2.24) is 5.32 Å². The number of carbonyl (C=O) groups excluding carboxylic acids is 3. The van der Waals surface area contributed by atoms with Crippen molar-refractivity contribution in [2.24, 2.45) is 5.73 Å². The molecule has 0 aromatic rings. The van der Waals surface area contributed by atoms with Gasteiger partial charge in [0.1, 0.15) is 0 Å². The number of hydrogen-bond donors (Lipinski definition) is 3. The molecule has 0 saturated heterocycles. The second kappa shape index (κ2) is 18.7. The lowest BCUT2D eigenvalue weighted by Gasteiger charge is -2.09. The molecule has 0 spiro atoms. The zero-order chi connectivity index (χ0) is 21.0. The third kappa shape index (κ3) is 16.5. The van der Waals surface area contributed by atoms with Gasteiger partial charge in [-0.05, 0) is 6.42 Å². The van der Waals surface area contributed by atoms with Crippen molar-refractivity contribution < 1.29 is 29.3 Å². The van der Waals surface area contributed by atoms with Gasteiger partial charge in [-0.1, -0.05) is 84.0 Å². The third-order valence-electron chi connectivity index (χ3n) is 4.41. The largest absolute Gasteiger partial charge is 0.404 e. The Bertz CT molecular complexity index is 431. The van der Waals surface area contributed by atoms with Crippen LogP contribution in [0.3, 0.4) is 0 Å². The first-order valence-corrected chi connectivity index (χ1v) is 10.6. The summed E-state index contributed by atoms with van der Waals surface area (Å²) >= 11 is 0. The monoisotopic (exact) mass is 402 g/mol. The Morgan fingerprint density at radius 2 is 1.29 bits per heavy atom. The highest BCUT2D eigenvalue weighted by molar-refractivity contribution is 5.84. The number of unbranched alkanes of at least 4 members (excludes halogenated alkanes) is 12. The molecule has 1 unspecified atom stereocenters. The first-order valence-electron chi connectivity index (χ1n) is 10.6. The summed E-state index contributed by atoms with van der Waals surface area (Å²) in [7, 11) is 0. The molecule has 0 aromatic heterocycles. The molecule has 0 radical (unpaired) electrons. The molecule has 8 heteroatoms. The first-order chi connectivity index (χ1) is 13.5. The van der Waals surface area contributed by atoms with Crippen molar-refractivity contribution in [1.29, 1.82) is 0 Å². The number of nitrogens with two attached hydrogens (primary N) is 1. The maximum absolute atomic E-state index is 11.5. The molecule has 0 rings (SSSR count). The van der Waals surface area contributed by atoms with E-state index in [9.17, 15) is 19.5 Å². The zero-order valence-electron chi connectivity index (χ0n) is 17.2. The van der Waals surface area contributed by atoms with Gasteiger partial charge in [0.15, 0.2) is 0 Å². The van der Waals surface area contributed by atoms with Crippen molar-refractivity contribution in [2.45, 2.75) is 103 Å². The smallest absolute Gasteiger partial charge is 0.364 e. The molecule has 0 fully saturated rings. The standard InChI is InChI=1S/C20H38N2O6/c1-2-3-4-5-6-7-8-9-10-11-12-13-14-15-18(24)27-28-20(26)19(25)22-17(23)16-21/h19,25H,2-16,21H2,1H3,(H,22,23). The fraction of sp³-hybridized carbons (Fsp3) is 0.850. The van der Waals surface area contributed by atoms with Gasteiger partial charge in [0, 0.05) is 0 Å². The summed E-state index contributed by atoms with van der Waals surface area (Å²) in [5, 5.41) is 11.2. The van der Waals surface area contributed by atoms with E-state index in [-0.39, 0.29) is 13.0 Å². The van der Waals surface area contributed by atoms with Crippen LogP contribution in [0.15, 0.2) is 0 Å². The highest BCUT2D eigenvalue weighted by atomic mass is 17.2. The summed E-state index contributed by atoms with van der Waals surface area (Å²) in [6.07, 6.45) is 13.9. The fourth-order valence-electron chi connectivity index (χ4n) is 2.73. The lowest BCUT2D eigenvalue weighted by molar-refractivity contribution is -0.265. The van der Waals surface area contributed by atoms with Gasteiger partial charge >= 0.3 is 11.9 Å². The molecule has 1 amide bonds. The minimum atomic E-state index is -1.92. The molecule has 28 heavy (non-hydrogen) atoms. The Labute approximate surface area is 168 Å². The van der Waals surface area contributed by atoms with Crippen LogP contribution in [0, 0.1) is 0 Å². The number of rotatable bonds is 17. The summed E-state index contributed by atoms with van der Waals surface area (Å²) in [5.41, 5.74) is 5.02. The lowest BCUT2D eigenvalue weighted by atomic mass is 10.0. The maximum Gasteiger partial charge on any atom is 0.404 e. The molecule has 0 saturated carbocycles. The normalized spacial score (nSPS) is 11.7. The summed E-state index contributed by atoms with van der Waals surface area (Å²) in [6, 6.07) is 0. The second-order valence-corrected chi connectivity index (χ2v) is 7.02. The van der Waals surface area contributed by atoms with Crippen LogP contribution in [0.2, 0.25) is 0 Å². The molecule has 0 bridgehead atoms. The fourth-order valence-corrected chi connectivity index (χ4v) is 2.73. The minimum Gasteiger partial charge on any atom is -0.364 e. The molecule has 4 N–H and O–H groups in total. The Hall–Kier alpha value is -1.67. The molecule has 0 heterocycles. The summed E-state index contributed by atoms with van der Waals surface area (Å²) < 4.78 is 0. The van der Waals surface area contributed by atoms with E-state index >= 15 is 0 Å². The average molecular weight is 403 g/mol. The maximum atomic E-state index is 11.5. The number of aliphatic hydroxyl groups is 1. The highest BCUT2D eigenvalue weighted by Gasteiger charge is 2.21. The van der Waals surface area contributed by atoms with Crippen LogP contribution in [0.25, 0.3) is 0 Å². The Balaban J connectivity index is 3.43. The summed E-state index contributed by atoms with van der Waals surface area (Å²) in [4.78, 5) is 42.1. The van der Waals surface area contributed by atoms with Gasteiger partial charge < -0.3 is 16.2 Å². The molecule has 1 atom stereocenters. The molecule has 8 nitrogen and oxygen atoms in total. The van der Waals surface area contributed by atoms with Crippen LogP contribution in [0.4, 0.5) is 0 Å². The number of nitrogens with one attached hydrogen (secondary N) is 1. The van der Waals surface area contributed by atoms with Crippen molar-refractivity contribution in [2.75, 3.05) is 6.54 Å². The van der Waals surface area contributed by atoms with Crippen LogP contribution in [-0.2, 0) is 24.2 Å². The minimum absolute atomic E-state index is 0.135. The van der Waals surface area contributed by atoms with E-state index in [1.807, 2.05) is 5.32 Å². The van der Waals surface area contributed by atoms with E-state index in [0.717, 1.165) is 19.3 Å². The highest BCUT2D eigenvalue weighted by Crippen LogP contribution is 2.13. The van der Waals surface area contributed by atoms with E-state index in [0.29, 0.717) is 6.42 Å². The number of hydrogen-bond acceptors (Lipinski definition) is 7. The van der Waals surface area contributed by atoms with Gasteiger partial charge in [0.25, 0.3) is 0 Å². The topological polar surface area (TPSA) is 128 Å². The van der Waals surface area contributed by atoms with Crippen molar-refractivity contribution in [3.8, 4) is 0 Å². The van der Waals surface area contributed by atoms with Gasteiger partial charge in [-0.25, -0.2) is 19.4 Å². The van der Waals surface area contributed by atoms with Crippen LogP contribution in [0.5, 0.6) is 0 Å². The van der Waals surface area contributed by atoms with Gasteiger partial charge in [-0.15, -0.1) is 0 Å². The second-order valence-electron chi connectivity index (χ2n) is 7.02. The van der Waals surface area contributed by atoms with E-state index in [1.54, 1.807) is 0 Å². The van der Waals surface area contributed by atoms with Crippen molar-refractivity contribution in [3.05, 3.63) is 0 Å². The van der Waals surface area contributed by atoms with Crippen LogP contribution in [0.1, 0.15) is 96.8 Å². The molecular weight excluding hydrogens is 364 g/mol. The molecule has 164 valence electrons. The van der Waals surface area contributed by atoms with Crippen LogP contribution < -0.4 is 11.1 Å². The van der Waals surface area contributed by atoms with E-state index < -0.39 is 24.1 Å². The SMILES string of the molecule is CCCCCCCCCCCCCCCC(=O)OOC(=O)C(O)NC(=O)CN. The lowest BCUT2D eigenvalue weighted by Crippen LogP contribution is -2.44. The quantitative estimate of drug-likeness (QED) is 0.148. The predicted molar refractivity (Wildman–Crippen MR) is 106 cm³/mol. The summed E-state index contributed by atoms with van der Waals surface area (Å²) in [5.74, 6) is -2.70. The Kier molecular flexibility index (Phi) is 17.6. The Morgan fingerprint density at radius 3 is 1.75 bits per heavy atom. The molecular formula is C20H38N2O6. The van der Waals surface area contributed by atoms with Crippen molar-refractivity contribution in [3.63, 3.8) is 0 Å². The molecule has 0 aliphatic rings. The van der Waals surface area contributed by atoms with Crippen molar-refractivity contribution >= 4 is 17.8 Å². The van der Waals surface area contributed by atoms with Crippen LogP contribution in [-0.4, -0.2) is 35.7 Å². The number of carbonyl (C=O) groups is 3. The van der Waals surface area contributed by atoms with Crippen LogP contribution >= 0.6 is 0 Å². The number of aliphatic hydroxyl groups excluding tert-OH is 1. The van der Waals surface area contributed by atoms with E-state index in [2.05, 4.69) is 16.7 Å². The van der Waals surface area contributed by atoms with Gasteiger partial charge in [-0.3, -0.25) is 4.79 Å². The third-order valence-corrected chi connectivity index (χ3v) is 4.41.